The lowest BCUT2D eigenvalue weighted by molar-refractivity contribution is -0.153. The van der Waals surface area contributed by atoms with E-state index in [9.17, 15) is 9.59 Å². The summed E-state index contributed by atoms with van der Waals surface area (Å²) in [5.74, 6) is -1.45. The highest BCUT2D eigenvalue weighted by molar-refractivity contribution is 5.74. The third-order valence-electron chi connectivity index (χ3n) is 3.17. The van der Waals surface area contributed by atoms with E-state index in [1.165, 1.54) is 0 Å². The lowest BCUT2D eigenvalue weighted by atomic mass is 9.82. The van der Waals surface area contributed by atoms with Crippen molar-refractivity contribution >= 4 is 11.9 Å². The van der Waals surface area contributed by atoms with E-state index in [2.05, 4.69) is 0 Å². The van der Waals surface area contributed by atoms with Gasteiger partial charge in [-0.15, -0.1) is 0 Å². The van der Waals surface area contributed by atoms with Crippen LogP contribution in [0.25, 0.3) is 0 Å². The summed E-state index contributed by atoms with van der Waals surface area (Å²) in [6.45, 7) is 4.43. The van der Waals surface area contributed by atoms with Crippen LogP contribution in [-0.4, -0.2) is 30.3 Å². The number of carbonyl (C=O) groups is 2. The second-order valence-electron chi connectivity index (χ2n) is 5.12. The van der Waals surface area contributed by atoms with E-state index in [0.717, 1.165) is 5.57 Å². The fourth-order valence-corrected chi connectivity index (χ4v) is 2.11. The minimum atomic E-state index is -0.762. The third-order valence-corrected chi connectivity index (χ3v) is 3.17. The van der Waals surface area contributed by atoms with Gasteiger partial charge in [-0.3, -0.25) is 9.59 Å². The molecule has 1 fully saturated rings. The lowest BCUT2D eigenvalue weighted by Gasteiger charge is -2.24. The SMILES string of the molecule is CC(C)=COCCOC(=O)C1CCC(C(=O)O)CC1. The lowest BCUT2D eigenvalue weighted by Crippen LogP contribution is -2.27. The molecule has 0 aromatic heterocycles. The zero-order valence-electron chi connectivity index (χ0n) is 11.6. The maximum atomic E-state index is 11.7. The largest absolute Gasteiger partial charge is 0.498 e. The van der Waals surface area contributed by atoms with Gasteiger partial charge in [0.05, 0.1) is 18.1 Å². The summed E-state index contributed by atoms with van der Waals surface area (Å²) >= 11 is 0. The van der Waals surface area contributed by atoms with Crippen LogP contribution in [0.15, 0.2) is 11.8 Å². The number of rotatable bonds is 6. The van der Waals surface area contributed by atoms with Crippen molar-refractivity contribution < 1.29 is 24.2 Å². The summed E-state index contributed by atoms with van der Waals surface area (Å²) in [6.07, 6.45) is 3.95. The molecule has 0 aromatic carbocycles. The fraction of sp³-hybridized carbons (Fsp3) is 0.714. The van der Waals surface area contributed by atoms with Crippen molar-refractivity contribution in [1.82, 2.24) is 0 Å². The molecule has 1 aliphatic rings. The molecule has 0 radical (unpaired) electrons. The van der Waals surface area contributed by atoms with Crippen molar-refractivity contribution in [2.75, 3.05) is 13.2 Å². The topological polar surface area (TPSA) is 72.8 Å². The smallest absolute Gasteiger partial charge is 0.309 e. The van der Waals surface area contributed by atoms with Gasteiger partial charge in [0.25, 0.3) is 0 Å². The molecule has 1 saturated carbocycles. The van der Waals surface area contributed by atoms with Gasteiger partial charge < -0.3 is 14.6 Å². The Labute approximate surface area is 113 Å². The standard InChI is InChI=1S/C14H22O5/c1-10(2)9-18-7-8-19-14(17)12-5-3-11(4-6-12)13(15)16/h9,11-12H,3-8H2,1-2H3,(H,15,16). The molecule has 0 saturated heterocycles. The molecule has 0 amide bonds. The Bertz CT molecular complexity index is 336. The Hall–Kier alpha value is -1.52. The van der Waals surface area contributed by atoms with Crippen LogP contribution < -0.4 is 0 Å². The monoisotopic (exact) mass is 270 g/mol. The first kappa shape index (κ1) is 15.5. The van der Waals surface area contributed by atoms with Crippen molar-refractivity contribution in [2.24, 2.45) is 11.8 Å². The molecule has 0 aliphatic heterocycles. The first-order chi connectivity index (χ1) is 9.00. The van der Waals surface area contributed by atoms with Gasteiger partial charge in [0.15, 0.2) is 0 Å². The summed E-state index contributed by atoms with van der Waals surface area (Å²) < 4.78 is 10.3. The number of carboxylic acid groups (broad SMARTS) is 1. The van der Waals surface area contributed by atoms with Gasteiger partial charge in [0.2, 0.25) is 0 Å². The molecule has 1 N–H and O–H groups in total. The van der Waals surface area contributed by atoms with Crippen molar-refractivity contribution in [3.05, 3.63) is 11.8 Å². The molecule has 1 aliphatic carbocycles. The molecule has 5 heteroatoms. The molecule has 19 heavy (non-hydrogen) atoms. The maximum absolute atomic E-state index is 11.7. The van der Waals surface area contributed by atoms with Crippen LogP contribution in [0.3, 0.4) is 0 Å². The number of allylic oxidation sites excluding steroid dienone is 1. The molecule has 0 bridgehead atoms. The second kappa shape index (κ2) is 7.81. The van der Waals surface area contributed by atoms with E-state index in [1.54, 1.807) is 6.26 Å². The van der Waals surface area contributed by atoms with Gasteiger partial charge in [-0.1, -0.05) is 0 Å². The predicted molar refractivity (Wildman–Crippen MR) is 69.4 cm³/mol. The van der Waals surface area contributed by atoms with E-state index in [0.29, 0.717) is 32.3 Å². The predicted octanol–water partition coefficient (Wildman–Crippen LogP) is 2.36. The molecule has 0 aromatic rings. The molecule has 0 atom stereocenters. The van der Waals surface area contributed by atoms with Crippen LogP contribution in [0.1, 0.15) is 39.5 Å². The van der Waals surface area contributed by atoms with E-state index < -0.39 is 5.97 Å². The number of carboxylic acids is 1. The van der Waals surface area contributed by atoms with Crippen LogP contribution >= 0.6 is 0 Å². The minimum Gasteiger partial charge on any atom is -0.498 e. The van der Waals surface area contributed by atoms with Gasteiger partial charge in [-0.05, 0) is 45.1 Å². The van der Waals surface area contributed by atoms with Crippen molar-refractivity contribution in [3.8, 4) is 0 Å². The van der Waals surface area contributed by atoms with Crippen molar-refractivity contribution in [2.45, 2.75) is 39.5 Å². The van der Waals surface area contributed by atoms with Gasteiger partial charge in [-0.25, -0.2) is 0 Å². The summed E-state index contributed by atoms with van der Waals surface area (Å²) in [5, 5.41) is 8.87. The Morgan fingerprint density at radius 3 is 2.21 bits per heavy atom. The van der Waals surface area contributed by atoms with Crippen molar-refractivity contribution in [3.63, 3.8) is 0 Å². The zero-order chi connectivity index (χ0) is 14.3. The van der Waals surface area contributed by atoms with Crippen LogP contribution in [-0.2, 0) is 19.1 Å². The number of ether oxygens (including phenoxy) is 2. The van der Waals surface area contributed by atoms with Gasteiger partial charge >= 0.3 is 11.9 Å². The first-order valence-electron chi connectivity index (χ1n) is 6.65. The van der Waals surface area contributed by atoms with Crippen LogP contribution in [0.4, 0.5) is 0 Å². The third kappa shape index (κ3) is 5.77. The van der Waals surface area contributed by atoms with Crippen LogP contribution in [0.2, 0.25) is 0 Å². The average molecular weight is 270 g/mol. The Balaban J connectivity index is 2.17. The molecule has 108 valence electrons. The Morgan fingerprint density at radius 2 is 1.68 bits per heavy atom. The van der Waals surface area contributed by atoms with E-state index >= 15 is 0 Å². The Kier molecular flexibility index (Phi) is 6.39. The second-order valence-corrected chi connectivity index (χ2v) is 5.12. The first-order valence-corrected chi connectivity index (χ1v) is 6.65. The zero-order valence-corrected chi connectivity index (χ0v) is 11.6. The van der Waals surface area contributed by atoms with E-state index in [-0.39, 0.29) is 24.4 Å². The highest BCUT2D eigenvalue weighted by Crippen LogP contribution is 2.29. The highest BCUT2D eigenvalue weighted by atomic mass is 16.6. The average Bonchev–Trinajstić information content (AvgIpc) is 2.37. The molecule has 5 nitrogen and oxygen atoms in total. The minimum absolute atomic E-state index is 0.154. The van der Waals surface area contributed by atoms with Gasteiger partial charge in [0, 0.05) is 0 Å². The molecule has 0 unspecified atom stereocenters. The van der Waals surface area contributed by atoms with Gasteiger partial charge in [-0.2, -0.15) is 0 Å². The van der Waals surface area contributed by atoms with Crippen LogP contribution in [0, 0.1) is 11.8 Å². The van der Waals surface area contributed by atoms with Crippen molar-refractivity contribution in [1.29, 1.82) is 0 Å². The normalized spacial score (nSPS) is 22.4. The summed E-state index contributed by atoms with van der Waals surface area (Å²) in [7, 11) is 0. The number of aliphatic carboxylic acids is 1. The number of hydrogen-bond acceptors (Lipinski definition) is 4. The highest BCUT2D eigenvalue weighted by Gasteiger charge is 2.30. The molecule has 0 spiro atoms. The quantitative estimate of drug-likeness (QED) is 0.455. The van der Waals surface area contributed by atoms with Gasteiger partial charge in [0.1, 0.15) is 13.2 Å². The molecule has 1 rings (SSSR count). The molecular weight excluding hydrogens is 248 g/mol. The number of hydrogen-bond donors (Lipinski definition) is 1. The molecular formula is C14H22O5. The van der Waals surface area contributed by atoms with E-state index in [1.807, 2.05) is 13.8 Å². The molecule has 0 heterocycles. The summed E-state index contributed by atoms with van der Waals surface area (Å²) in [6, 6.07) is 0. The number of esters is 1. The summed E-state index contributed by atoms with van der Waals surface area (Å²) in [4.78, 5) is 22.5. The number of carbonyl (C=O) groups excluding carboxylic acids is 1. The van der Waals surface area contributed by atoms with E-state index in [4.69, 9.17) is 14.6 Å². The fourth-order valence-electron chi connectivity index (χ4n) is 2.11. The van der Waals surface area contributed by atoms with Crippen LogP contribution in [0.5, 0.6) is 0 Å². The maximum Gasteiger partial charge on any atom is 0.309 e. The Morgan fingerprint density at radius 1 is 1.11 bits per heavy atom. The summed E-state index contributed by atoms with van der Waals surface area (Å²) in [5.41, 5.74) is 1.05.